The van der Waals surface area contributed by atoms with Crippen molar-refractivity contribution in [3.05, 3.63) is 107 Å². The number of fused-ring (bicyclic) bond motifs is 2. The molecule has 198 valence electrons. The highest BCUT2D eigenvalue weighted by atomic mass is 16.5. The number of rotatable bonds is 7. The number of carbonyl (C=O) groups excluding carboxylic acids is 4. The van der Waals surface area contributed by atoms with Gasteiger partial charge in [0.25, 0.3) is 23.6 Å². The van der Waals surface area contributed by atoms with Gasteiger partial charge in [0.05, 0.1) is 22.3 Å². The van der Waals surface area contributed by atoms with Crippen LogP contribution >= 0.6 is 0 Å². The Labute approximate surface area is 229 Å². The van der Waals surface area contributed by atoms with Crippen LogP contribution in [0, 0.1) is 0 Å². The van der Waals surface area contributed by atoms with Crippen molar-refractivity contribution in [3.63, 3.8) is 0 Å². The summed E-state index contributed by atoms with van der Waals surface area (Å²) in [4.78, 5) is 51.3. The number of nitrogens with zero attached hydrogens (tertiary/aromatic N) is 2. The van der Waals surface area contributed by atoms with Crippen molar-refractivity contribution in [2.75, 3.05) is 13.6 Å². The van der Waals surface area contributed by atoms with Crippen LogP contribution in [-0.2, 0) is 0 Å². The molecule has 9 heteroatoms. The predicted molar refractivity (Wildman–Crippen MR) is 143 cm³/mol. The van der Waals surface area contributed by atoms with Gasteiger partial charge in [0.15, 0.2) is 0 Å². The Morgan fingerprint density at radius 3 is 1.25 bits per heavy atom. The average Bonchev–Trinajstić information content (AvgIpc) is 3.33. The van der Waals surface area contributed by atoms with Gasteiger partial charge in [0, 0.05) is 13.6 Å². The zero-order chi connectivity index (χ0) is 28.0. The Kier molecular flexibility index (Phi) is 6.03. The van der Waals surface area contributed by atoms with Crippen LogP contribution in [0.5, 0.6) is 34.5 Å². The minimum Gasteiger partial charge on any atom is -0.457 e. The maximum absolute atomic E-state index is 12.4. The quantitative estimate of drug-likeness (QED) is 0.272. The van der Waals surface area contributed by atoms with Crippen molar-refractivity contribution in [1.82, 2.24) is 9.80 Å². The van der Waals surface area contributed by atoms with Gasteiger partial charge in [0.1, 0.15) is 34.5 Å². The summed E-state index contributed by atoms with van der Waals surface area (Å²) in [5.41, 5.74) is 1.40. The van der Waals surface area contributed by atoms with Gasteiger partial charge in [-0.05, 0) is 91.9 Å². The first-order chi connectivity index (χ1) is 19.3. The second-order valence-corrected chi connectivity index (χ2v) is 9.19. The number of hydrogen-bond donors (Lipinski definition) is 0. The first-order valence-electron chi connectivity index (χ1n) is 12.5. The standard InChI is InChI=1S/C31H22N2O7/c1-3-33-30(36)25-15-13-23(17-27(25)31(33)37)40-21-10-6-19(7-11-21)38-18-4-8-20(9-5-18)39-22-12-14-24-26(16-22)29(35)32(2)28(24)34/h4-17H,3H2,1-2H3. The molecule has 2 aliphatic rings. The number of hydrogen-bond acceptors (Lipinski definition) is 7. The molecule has 40 heavy (non-hydrogen) atoms. The minimum atomic E-state index is -0.354. The summed E-state index contributed by atoms with van der Waals surface area (Å²) in [6, 6.07) is 23.6. The molecule has 6 rings (SSSR count). The van der Waals surface area contributed by atoms with E-state index >= 15 is 0 Å². The highest BCUT2D eigenvalue weighted by Crippen LogP contribution is 2.33. The van der Waals surface area contributed by atoms with Crippen LogP contribution in [-0.4, -0.2) is 47.0 Å². The number of imide groups is 2. The molecule has 2 heterocycles. The molecule has 0 fully saturated rings. The van der Waals surface area contributed by atoms with E-state index in [9.17, 15) is 19.2 Å². The third kappa shape index (κ3) is 4.33. The van der Waals surface area contributed by atoms with Gasteiger partial charge in [0.2, 0.25) is 0 Å². The van der Waals surface area contributed by atoms with E-state index < -0.39 is 0 Å². The lowest BCUT2D eigenvalue weighted by molar-refractivity contribution is 0.0656. The lowest BCUT2D eigenvalue weighted by Crippen LogP contribution is -2.29. The third-order valence-electron chi connectivity index (χ3n) is 6.67. The lowest BCUT2D eigenvalue weighted by Gasteiger charge is -2.10. The largest absolute Gasteiger partial charge is 0.457 e. The van der Waals surface area contributed by atoms with Gasteiger partial charge in [-0.1, -0.05) is 0 Å². The van der Waals surface area contributed by atoms with Gasteiger partial charge in [-0.15, -0.1) is 0 Å². The van der Waals surface area contributed by atoms with E-state index in [0.717, 1.165) is 4.90 Å². The molecular weight excluding hydrogens is 512 g/mol. The summed E-state index contributed by atoms with van der Waals surface area (Å²) in [7, 11) is 1.45. The predicted octanol–water partition coefficient (Wildman–Crippen LogP) is 5.91. The van der Waals surface area contributed by atoms with E-state index in [-0.39, 0.29) is 23.6 Å². The molecule has 4 amide bonds. The summed E-state index contributed by atoms with van der Waals surface area (Å²) in [6.45, 7) is 2.08. The monoisotopic (exact) mass is 534 g/mol. The van der Waals surface area contributed by atoms with Crippen LogP contribution in [0.15, 0.2) is 84.9 Å². The smallest absolute Gasteiger partial charge is 0.261 e. The maximum Gasteiger partial charge on any atom is 0.261 e. The SMILES string of the molecule is CCN1C(=O)c2ccc(Oc3ccc(Oc4ccc(Oc5ccc6c(c5)C(=O)N(C)C6=O)cc4)cc3)cc2C1=O. The number of benzene rings is 4. The number of carbonyl (C=O) groups is 4. The highest BCUT2D eigenvalue weighted by molar-refractivity contribution is 6.22. The fourth-order valence-corrected chi connectivity index (χ4v) is 4.58. The topological polar surface area (TPSA) is 102 Å². The molecule has 0 unspecified atom stereocenters. The molecule has 4 aromatic carbocycles. The molecule has 0 bridgehead atoms. The van der Waals surface area contributed by atoms with E-state index in [0.29, 0.717) is 63.3 Å². The fraction of sp³-hybridized carbons (Fsp3) is 0.0968. The lowest BCUT2D eigenvalue weighted by atomic mass is 10.1. The number of ether oxygens (including phenoxy) is 3. The Balaban J connectivity index is 1.08. The van der Waals surface area contributed by atoms with Crippen molar-refractivity contribution in [2.45, 2.75) is 6.92 Å². The molecule has 0 saturated carbocycles. The molecule has 0 saturated heterocycles. The Morgan fingerprint density at radius 2 is 0.800 bits per heavy atom. The molecule has 0 radical (unpaired) electrons. The molecule has 0 spiro atoms. The first-order valence-corrected chi connectivity index (χ1v) is 12.5. The van der Waals surface area contributed by atoms with Gasteiger partial charge < -0.3 is 14.2 Å². The summed E-state index contributed by atoms with van der Waals surface area (Å²) in [5, 5.41) is 0. The van der Waals surface area contributed by atoms with Crippen LogP contribution in [0.3, 0.4) is 0 Å². The van der Waals surface area contributed by atoms with Crippen molar-refractivity contribution < 1.29 is 33.4 Å². The van der Waals surface area contributed by atoms with E-state index in [1.165, 1.54) is 11.9 Å². The van der Waals surface area contributed by atoms with Crippen molar-refractivity contribution >= 4 is 23.6 Å². The summed E-state index contributed by atoms with van der Waals surface area (Å²) < 4.78 is 17.7. The van der Waals surface area contributed by atoms with Crippen LogP contribution < -0.4 is 14.2 Å². The average molecular weight is 535 g/mol. The Morgan fingerprint density at radius 1 is 0.475 bits per heavy atom. The van der Waals surface area contributed by atoms with E-state index in [2.05, 4.69) is 0 Å². The molecule has 0 N–H and O–H groups in total. The van der Waals surface area contributed by atoms with Gasteiger partial charge in [-0.3, -0.25) is 29.0 Å². The summed E-state index contributed by atoms with van der Waals surface area (Å²) in [6.07, 6.45) is 0. The van der Waals surface area contributed by atoms with Crippen LogP contribution in [0.25, 0.3) is 0 Å². The van der Waals surface area contributed by atoms with Crippen LogP contribution in [0.2, 0.25) is 0 Å². The maximum atomic E-state index is 12.4. The van der Waals surface area contributed by atoms with E-state index in [1.807, 2.05) is 0 Å². The van der Waals surface area contributed by atoms with Crippen LogP contribution in [0.4, 0.5) is 0 Å². The molecule has 9 nitrogen and oxygen atoms in total. The molecule has 0 atom stereocenters. The molecular formula is C31H22N2O7. The molecule has 0 aliphatic carbocycles. The highest BCUT2D eigenvalue weighted by Gasteiger charge is 2.35. The second-order valence-electron chi connectivity index (χ2n) is 9.19. The van der Waals surface area contributed by atoms with Crippen LogP contribution in [0.1, 0.15) is 48.4 Å². The molecule has 2 aliphatic heterocycles. The van der Waals surface area contributed by atoms with Gasteiger partial charge >= 0.3 is 0 Å². The van der Waals surface area contributed by atoms with Crippen molar-refractivity contribution in [3.8, 4) is 34.5 Å². The summed E-state index contributed by atoms with van der Waals surface area (Å²) in [5.74, 6) is 1.86. The summed E-state index contributed by atoms with van der Waals surface area (Å²) >= 11 is 0. The fourth-order valence-electron chi connectivity index (χ4n) is 4.58. The Bertz CT molecular complexity index is 1690. The first kappa shape index (κ1) is 24.9. The van der Waals surface area contributed by atoms with Crippen molar-refractivity contribution in [2.24, 2.45) is 0 Å². The second kappa shape index (κ2) is 9.70. The van der Waals surface area contributed by atoms with Gasteiger partial charge in [-0.2, -0.15) is 0 Å². The van der Waals surface area contributed by atoms with Crippen molar-refractivity contribution in [1.29, 1.82) is 0 Å². The zero-order valence-electron chi connectivity index (χ0n) is 21.5. The zero-order valence-corrected chi connectivity index (χ0v) is 21.5. The molecule has 0 aromatic heterocycles. The normalized spacial score (nSPS) is 13.9. The van der Waals surface area contributed by atoms with E-state index in [1.54, 1.807) is 91.9 Å². The minimum absolute atomic E-state index is 0.291. The van der Waals surface area contributed by atoms with Gasteiger partial charge in [-0.25, -0.2) is 0 Å². The van der Waals surface area contributed by atoms with E-state index in [4.69, 9.17) is 14.2 Å². The third-order valence-corrected chi connectivity index (χ3v) is 6.67. The molecule has 4 aromatic rings. The number of amides is 4. The Hall–Kier alpha value is -5.44.